The van der Waals surface area contributed by atoms with Crippen molar-refractivity contribution in [2.75, 3.05) is 5.32 Å². The van der Waals surface area contributed by atoms with Gasteiger partial charge in [-0.3, -0.25) is 19.6 Å². The molecule has 3 aromatic rings. The molecule has 0 spiro atoms. The molecule has 2 aromatic heterocycles. The van der Waals surface area contributed by atoms with Gasteiger partial charge in [0.1, 0.15) is 6.54 Å². The van der Waals surface area contributed by atoms with Gasteiger partial charge in [-0.05, 0) is 23.6 Å². The Bertz CT molecular complexity index is 995. The summed E-state index contributed by atoms with van der Waals surface area (Å²) in [5, 5.41) is 2.77. The van der Waals surface area contributed by atoms with Gasteiger partial charge in [0.15, 0.2) is 11.2 Å². The Balaban J connectivity index is 1.78. The molecular weight excluding hydrogens is 310 g/mol. The van der Waals surface area contributed by atoms with Crippen molar-refractivity contribution in [2.24, 2.45) is 0 Å². The van der Waals surface area contributed by atoms with Crippen molar-refractivity contribution in [3.05, 3.63) is 57.0 Å². The zero-order valence-electron chi connectivity index (χ0n) is 13.3. The van der Waals surface area contributed by atoms with Crippen molar-refractivity contribution in [3.63, 3.8) is 0 Å². The van der Waals surface area contributed by atoms with Crippen LogP contribution in [0.3, 0.4) is 0 Å². The molecule has 2 heterocycles. The Labute approximate surface area is 136 Å². The summed E-state index contributed by atoms with van der Waals surface area (Å²) >= 11 is 0. The molecule has 0 unspecified atom stereocenters. The Morgan fingerprint density at radius 2 is 1.92 bits per heavy atom. The van der Waals surface area contributed by atoms with Gasteiger partial charge < -0.3 is 9.88 Å². The van der Waals surface area contributed by atoms with Crippen molar-refractivity contribution in [2.45, 2.75) is 26.3 Å². The fourth-order valence-corrected chi connectivity index (χ4v) is 2.44. The van der Waals surface area contributed by atoms with Crippen LogP contribution in [0.4, 0.5) is 5.69 Å². The van der Waals surface area contributed by atoms with Crippen LogP contribution in [0.15, 0.2) is 40.2 Å². The Kier molecular flexibility index (Phi) is 4.03. The van der Waals surface area contributed by atoms with E-state index in [1.807, 2.05) is 24.3 Å². The van der Waals surface area contributed by atoms with E-state index >= 15 is 0 Å². The topological polar surface area (TPSA) is 113 Å². The van der Waals surface area contributed by atoms with Crippen molar-refractivity contribution < 1.29 is 4.79 Å². The van der Waals surface area contributed by atoms with Gasteiger partial charge in [-0.1, -0.05) is 26.0 Å². The molecule has 8 nitrogen and oxygen atoms in total. The van der Waals surface area contributed by atoms with Crippen LogP contribution in [-0.4, -0.2) is 25.4 Å². The first-order valence-electron chi connectivity index (χ1n) is 7.51. The van der Waals surface area contributed by atoms with E-state index in [1.54, 1.807) is 0 Å². The number of nitrogens with zero attached hydrogens (tertiary/aromatic N) is 2. The number of fused-ring (bicyclic) bond motifs is 1. The first-order chi connectivity index (χ1) is 11.4. The van der Waals surface area contributed by atoms with Gasteiger partial charge in [-0.25, -0.2) is 9.78 Å². The Morgan fingerprint density at radius 1 is 1.21 bits per heavy atom. The highest BCUT2D eigenvalue weighted by molar-refractivity contribution is 5.91. The van der Waals surface area contributed by atoms with E-state index in [9.17, 15) is 14.4 Å². The number of rotatable bonds is 4. The maximum absolute atomic E-state index is 12.2. The lowest BCUT2D eigenvalue weighted by atomic mass is 10.0. The number of anilines is 1. The van der Waals surface area contributed by atoms with Gasteiger partial charge in [-0.15, -0.1) is 0 Å². The van der Waals surface area contributed by atoms with Gasteiger partial charge in [0.05, 0.1) is 6.33 Å². The molecule has 0 radical (unpaired) electrons. The first-order valence-corrected chi connectivity index (χ1v) is 7.51. The third-order valence-corrected chi connectivity index (χ3v) is 3.69. The average Bonchev–Trinajstić information content (AvgIpc) is 2.90. The van der Waals surface area contributed by atoms with Crippen LogP contribution in [0, 0.1) is 0 Å². The first kappa shape index (κ1) is 15.7. The highest BCUT2D eigenvalue weighted by Crippen LogP contribution is 2.17. The summed E-state index contributed by atoms with van der Waals surface area (Å²) < 4.78 is 1.39. The van der Waals surface area contributed by atoms with Gasteiger partial charge in [0.25, 0.3) is 5.56 Å². The maximum Gasteiger partial charge on any atom is 0.327 e. The van der Waals surface area contributed by atoms with Crippen LogP contribution in [0.25, 0.3) is 11.2 Å². The van der Waals surface area contributed by atoms with Crippen LogP contribution >= 0.6 is 0 Å². The molecular formula is C16H17N5O3. The molecule has 8 heteroatoms. The van der Waals surface area contributed by atoms with E-state index in [-0.39, 0.29) is 23.6 Å². The molecule has 0 bridgehead atoms. The highest BCUT2D eigenvalue weighted by atomic mass is 16.2. The quantitative estimate of drug-likeness (QED) is 0.667. The van der Waals surface area contributed by atoms with E-state index in [1.165, 1.54) is 16.5 Å². The minimum Gasteiger partial charge on any atom is -0.325 e. The number of hydrogen-bond acceptors (Lipinski definition) is 4. The Hall–Kier alpha value is -3.16. The normalized spacial score (nSPS) is 11.1. The number of carbonyl (C=O) groups excluding carboxylic acids is 1. The highest BCUT2D eigenvalue weighted by Gasteiger charge is 2.11. The summed E-state index contributed by atoms with van der Waals surface area (Å²) in [6, 6.07) is 7.59. The van der Waals surface area contributed by atoms with Crippen LogP contribution in [0.1, 0.15) is 25.3 Å². The predicted molar refractivity (Wildman–Crippen MR) is 90.1 cm³/mol. The molecule has 3 rings (SSSR count). The summed E-state index contributed by atoms with van der Waals surface area (Å²) in [7, 11) is 0. The van der Waals surface area contributed by atoms with Crippen molar-refractivity contribution >= 4 is 22.8 Å². The van der Waals surface area contributed by atoms with Crippen LogP contribution in [-0.2, 0) is 11.3 Å². The summed E-state index contributed by atoms with van der Waals surface area (Å²) in [6.45, 7) is 4.11. The second kappa shape index (κ2) is 6.15. The van der Waals surface area contributed by atoms with Gasteiger partial charge in [-0.2, -0.15) is 0 Å². The second-order valence-corrected chi connectivity index (χ2v) is 5.80. The number of benzene rings is 1. The number of aromatic amines is 2. The fraction of sp³-hybridized carbons (Fsp3) is 0.250. The molecule has 0 saturated carbocycles. The van der Waals surface area contributed by atoms with E-state index in [0.717, 1.165) is 0 Å². The molecule has 0 atom stereocenters. The van der Waals surface area contributed by atoms with Crippen molar-refractivity contribution in [1.82, 2.24) is 19.5 Å². The molecule has 0 aliphatic carbocycles. The standard InChI is InChI=1S/C16H17N5O3/c1-9(2)10-3-5-11(6-4-10)18-12(22)7-21-8-17-14-13(21)15(23)20-16(24)19-14/h3-6,8-9H,7H2,1-2H3,(H,18,22)(H2,19,20,23,24). The minimum absolute atomic E-state index is 0.0858. The molecule has 24 heavy (non-hydrogen) atoms. The lowest BCUT2D eigenvalue weighted by Crippen LogP contribution is -2.25. The van der Waals surface area contributed by atoms with E-state index in [2.05, 4.69) is 34.1 Å². The minimum atomic E-state index is -0.632. The molecule has 0 aliphatic heterocycles. The lowest BCUT2D eigenvalue weighted by Gasteiger charge is -2.09. The van der Waals surface area contributed by atoms with E-state index < -0.39 is 11.2 Å². The molecule has 0 aliphatic rings. The summed E-state index contributed by atoms with van der Waals surface area (Å²) in [4.78, 5) is 43.7. The third-order valence-electron chi connectivity index (χ3n) is 3.69. The van der Waals surface area contributed by atoms with E-state index in [4.69, 9.17) is 0 Å². The fourth-order valence-electron chi connectivity index (χ4n) is 2.44. The summed E-state index contributed by atoms with van der Waals surface area (Å²) in [5.74, 6) is 0.123. The molecule has 3 N–H and O–H groups in total. The van der Waals surface area contributed by atoms with Crippen LogP contribution in [0.5, 0.6) is 0 Å². The zero-order chi connectivity index (χ0) is 17.3. The SMILES string of the molecule is CC(C)c1ccc(NC(=O)Cn2cnc3[nH]c(=O)[nH]c(=O)c32)cc1. The van der Waals surface area contributed by atoms with Crippen molar-refractivity contribution in [1.29, 1.82) is 0 Å². The summed E-state index contributed by atoms with van der Waals surface area (Å²) in [6.07, 6.45) is 1.34. The number of aromatic nitrogens is 4. The Morgan fingerprint density at radius 3 is 2.58 bits per heavy atom. The number of nitrogens with one attached hydrogen (secondary N) is 3. The molecule has 1 amide bonds. The second-order valence-electron chi connectivity index (χ2n) is 5.80. The number of carbonyl (C=O) groups is 1. The average molecular weight is 327 g/mol. The lowest BCUT2D eigenvalue weighted by molar-refractivity contribution is -0.116. The van der Waals surface area contributed by atoms with Crippen molar-refractivity contribution in [3.8, 4) is 0 Å². The third kappa shape index (κ3) is 3.12. The van der Waals surface area contributed by atoms with E-state index in [0.29, 0.717) is 11.6 Å². The van der Waals surface area contributed by atoms with Gasteiger partial charge in [0, 0.05) is 5.69 Å². The molecule has 124 valence electrons. The monoisotopic (exact) mass is 327 g/mol. The van der Waals surface area contributed by atoms with Crippen LogP contribution in [0.2, 0.25) is 0 Å². The molecule has 0 saturated heterocycles. The smallest absolute Gasteiger partial charge is 0.325 e. The van der Waals surface area contributed by atoms with Gasteiger partial charge >= 0.3 is 5.69 Å². The number of amides is 1. The predicted octanol–water partition coefficient (Wildman–Crippen LogP) is 1.17. The maximum atomic E-state index is 12.2. The zero-order valence-corrected chi connectivity index (χ0v) is 13.3. The van der Waals surface area contributed by atoms with Gasteiger partial charge in [0.2, 0.25) is 5.91 Å². The summed E-state index contributed by atoms with van der Waals surface area (Å²) in [5.41, 5.74) is 0.950. The molecule has 0 fully saturated rings. The molecule has 1 aromatic carbocycles. The number of imidazole rings is 1. The number of H-pyrrole nitrogens is 2. The number of hydrogen-bond donors (Lipinski definition) is 3. The largest absolute Gasteiger partial charge is 0.327 e. The van der Waals surface area contributed by atoms with Crippen LogP contribution < -0.4 is 16.6 Å².